The molecule has 0 aliphatic heterocycles. The van der Waals surface area contributed by atoms with E-state index in [2.05, 4.69) is 47.0 Å². The van der Waals surface area contributed by atoms with Gasteiger partial charge in [0.1, 0.15) is 5.82 Å². The lowest BCUT2D eigenvalue weighted by atomic mass is 10.0. The van der Waals surface area contributed by atoms with Crippen LogP contribution in [-0.2, 0) is 0 Å². The van der Waals surface area contributed by atoms with E-state index in [1.807, 2.05) is 12.1 Å². The Balaban J connectivity index is 1.97. The fraction of sp³-hybridized carbons (Fsp3) is 0.278. The largest absolute Gasteiger partial charge is 0.327 e. The maximum Gasteiger partial charge on any atom is 0.119 e. The fourth-order valence-corrected chi connectivity index (χ4v) is 3.45. The molecule has 0 amide bonds. The van der Waals surface area contributed by atoms with Gasteiger partial charge in [0.25, 0.3) is 0 Å². The van der Waals surface area contributed by atoms with Gasteiger partial charge in [0, 0.05) is 17.6 Å². The quantitative estimate of drug-likeness (QED) is 0.777. The third-order valence-electron chi connectivity index (χ3n) is 4.50. The second-order valence-electron chi connectivity index (χ2n) is 5.83. The summed E-state index contributed by atoms with van der Waals surface area (Å²) in [7, 11) is 0. The van der Waals surface area contributed by atoms with E-state index in [1.165, 1.54) is 12.1 Å². The van der Waals surface area contributed by atoms with E-state index in [4.69, 9.17) is 10.7 Å². The highest BCUT2D eigenvalue weighted by molar-refractivity contribution is 5.78. The number of hydrogen-bond acceptors (Lipinski definition) is 2. The summed E-state index contributed by atoms with van der Waals surface area (Å²) in [6.07, 6.45) is 3.43. The predicted octanol–water partition coefficient (Wildman–Crippen LogP) is 3.62. The summed E-state index contributed by atoms with van der Waals surface area (Å²) in [5.41, 5.74) is 9.71. The van der Waals surface area contributed by atoms with E-state index in [0.29, 0.717) is 5.92 Å². The van der Waals surface area contributed by atoms with Gasteiger partial charge in [0.05, 0.1) is 11.0 Å². The van der Waals surface area contributed by atoms with Gasteiger partial charge in [-0.2, -0.15) is 0 Å². The van der Waals surface area contributed by atoms with E-state index in [0.717, 1.165) is 29.7 Å². The number of benzene rings is 2. The van der Waals surface area contributed by atoms with Crippen molar-refractivity contribution in [3.8, 4) is 5.69 Å². The Morgan fingerprint density at radius 2 is 1.71 bits per heavy atom. The Kier molecular flexibility index (Phi) is 3.00. The number of nitrogens with two attached hydrogens (primary N) is 1. The molecule has 0 radical (unpaired) electrons. The molecule has 21 heavy (non-hydrogen) atoms. The predicted molar refractivity (Wildman–Crippen MR) is 85.6 cm³/mol. The number of para-hydroxylation sites is 3. The Hall–Kier alpha value is -2.13. The SMILES string of the molecule is NC1CCCC1c1nc2ccccc2n1-c1ccccc1. The van der Waals surface area contributed by atoms with Crippen molar-refractivity contribution in [2.75, 3.05) is 0 Å². The average Bonchev–Trinajstić information content (AvgIpc) is 3.11. The number of imidazole rings is 1. The first-order valence-electron chi connectivity index (χ1n) is 7.63. The molecule has 1 aromatic heterocycles. The number of nitrogens with zero attached hydrogens (tertiary/aromatic N) is 2. The third-order valence-corrected chi connectivity index (χ3v) is 4.50. The van der Waals surface area contributed by atoms with Crippen molar-refractivity contribution >= 4 is 11.0 Å². The highest BCUT2D eigenvalue weighted by Crippen LogP contribution is 2.35. The van der Waals surface area contributed by atoms with Crippen LogP contribution in [0.15, 0.2) is 54.6 Å². The normalized spacial score (nSPS) is 22.0. The van der Waals surface area contributed by atoms with Crippen LogP contribution >= 0.6 is 0 Å². The van der Waals surface area contributed by atoms with Crippen molar-refractivity contribution in [3.05, 3.63) is 60.4 Å². The Morgan fingerprint density at radius 1 is 0.952 bits per heavy atom. The Bertz CT molecular complexity index is 760. The van der Waals surface area contributed by atoms with Crippen molar-refractivity contribution in [3.63, 3.8) is 0 Å². The molecular weight excluding hydrogens is 258 g/mol. The van der Waals surface area contributed by atoms with E-state index in [-0.39, 0.29) is 6.04 Å². The van der Waals surface area contributed by atoms with Crippen LogP contribution in [0.25, 0.3) is 16.7 Å². The first-order chi connectivity index (χ1) is 10.3. The Labute approximate surface area is 124 Å². The van der Waals surface area contributed by atoms with Gasteiger partial charge in [-0.15, -0.1) is 0 Å². The molecule has 1 heterocycles. The Morgan fingerprint density at radius 3 is 2.48 bits per heavy atom. The van der Waals surface area contributed by atoms with Gasteiger partial charge in [0.2, 0.25) is 0 Å². The first kappa shape index (κ1) is 12.6. The summed E-state index contributed by atoms with van der Waals surface area (Å²) in [5, 5.41) is 0. The second-order valence-corrected chi connectivity index (χ2v) is 5.83. The molecule has 0 saturated heterocycles. The molecule has 2 N–H and O–H groups in total. The fourth-order valence-electron chi connectivity index (χ4n) is 3.45. The van der Waals surface area contributed by atoms with Gasteiger partial charge < -0.3 is 5.73 Å². The lowest BCUT2D eigenvalue weighted by Crippen LogP contribution is -2.25. The topological polar surface area (TPSA) is 43.8 Å². The minimum absolute atomic E-state index is 0.226. The van der Waals surface area contributed by atoms with Gasteiger partial charge in [-0.25, -0.2) is 4.98 Å². The molecule has 4 rings (SSSR count). The van der Waals surface area contributed by atoms with Crippen LogP contribution in [0, 0.1) is 0 Å². The smallest absolute Gasteiger partial charge is 0.119 e. The summed E-state index contributed by atoms with van der Waals surface area (Å²) in [4.78, 5) is 4.90. The summed E-state index contributed by atoms with van der Waals surface area (Å²) in [6, 6.07) is 19.0. The maximum atomic E-state index is 6.33. The molecule has 1 aliphatic rings. The number of rotatable bonds is 2. The first-order valence-corrected chi connectivity index (χ1v) is 7.63. The lowest BCUT2D eigenvalue weighted by Gasteiger charge is -2.17. The minimum atomic E-state index is 0.226. The molecule has 1 fully saturated rings. The molecule has 2 aromatic carbocycles. The summed E-state index contributed by atoms with van der Waals surface area (Å²) < 4.78 is 2.28. The molecule has 0 bridgehead atoms. The summed E-state index contributed by atoms with van der Waals surface area (Å²) in [6.45, 7) is 0. The van der Waals surface area contributed by atoms with Crippen molar-refractivity contribution in [2.24, 2.45) is 5.73 Å². The van der Waals surface area contributed by atoms with E-state index in [1.54, 1.807) is 0 Å². The van der Waals surface area contributed by atoms with Crippen molar-refractivity contribution < 1.29 is 0 Å². The standard InChI is InChI=1S/C18H19N3/c19-15-10-6-9-14(15)18-20-16-11-4-5-12-17(16)21(18)13-7-2-1-3-8-13/h1-5,7-8,11-12,14-15H,6,9-10,19H2. The average molecular weight is 277 g/mol. The van der Waals surface area contributed by atoms with Crippen molar-refractivity contribution in [1.82, 2.24) is 9.55 Å². The van der Waals surface area contributed by atoms with Crippen LogP contribution in [0.1, 0.15) is 31.0 Å². The number of hydrogen-bond donors (Lipinski definition) is 1. The molecule has 3 nitrogen and oxygen atoms in total. The zero-order valence-corrected chi connectivity index (χ0v) is 11.9. The van der Waals surface area contributed by atoms with E-state index < -0.39 is 0 Å². The third kappa shape index (κ3) is 2.05. The molecule has 1 saturated carbocycles. The van der Waals surface area contributed by atoms with E-state index in [9.17, 15) is 0 Å². The highest BCUT2D eigenvalue weighted by atomic mass is 15.1. The van der Waals surface area contributed by atoms with Crippen molar-refractivity contribution in [1.29, 1.82) is 0 Å². The van der Waals surface area contributed by atoms with Crippen LogP contribution in [0.3, 0.4) is 0 Å². The van der Waals surface area contributed by atoms with Gasteiger partial charge in [-0.05, 0) is 37.1 Å². The zero-order chi connectivity index (χ0) is 14.2. The van der Waals surface area contributed by atoms with Gasteiger partial charge >= 0.3 is 0 Å². The van der Waals surface area contributed by atoms with Crippen LogP contribution < -0.4 is 5.73 Å². The molecule has 106 valence electrons. The van der Waals surface area contributed by atoms with Gasteiger partial charge in [0.15, 0.2) is 0 Å². The summed E-state index contributed by atoms with van der Waals surface area (Å²) >= 11 is 0. The van der Waals surface area contributed by atoms with Crippen LogP contribution in [0.4, 0.5) is 0 Å². The molecule has 1 aliphatic carbocycles. The molecule has 3 aromatic rings. The monoisotopic (exact) mass is 277 g/mol. The number of fused-ring (bicyclic) bond motifs is 1. The minimum Gasteiger partial charge on any atom is -0.327 e. The molecule has 2 unspecified atom stereocenters. The molecular formula is C18H19N3. The number of aromatic nitrogens is 2. The molecule has 2 atom stereocenters. The van der Waals surface area contributed by atoms with Gasteiger partial charge in [-0.3, -0.25) is 4.57 Å². The summed E-state index contributed by atoms with van der Waals surface area (Å²) in [5.74, 6) is 1.48. The van der Waals surface area contributed by atoms with Crippen molar-refractivity contribution in [2.45, 2.75) is 31.2 Å². The van der Waals surface area contributed by atoms with Gasteiger partial charge in [-0.1, -0.05) is 36.8 Å². The van der Waals surface area contributed by atoms with Crippen LogP contribution in [-0.4, -0.2) is 15.6 Å². The molecule has 0 spiro atoms. The highest BCUT2D eigenvalue weighted by Gasteiger charge is 2.30. The van der Waals surface area contributed by atoms with E-state index >= 15 is 0 Å². The zero-order valence-electron chi connectivity index (χ0n) is 11.9. The maximum absolute atomic E-state index is 6.33. The second kappa shape index (κ2) is 5.01. The van der Waals surface area contributed by atoms with Crippen LogP contribution in [0.5, 0.6) is 0 Å². The van der Waals surface area contributed by atoms with Crippen LogP contribution in [0.2, 0.25) is 0 Å². The lowest BCUT2D eigenvalue weighted by molar-refractivity contribution is 0.576. The molecule has 3 heteroatoms.